The summed E-state index contributed by atoms with van der Waals surface area (Å²) in [4.78, 5) is 14.8. The third-order valence-electron chi connectivity index (χ3n) is 6.21. The van der Waals surface area contributed by atoms with Crippen molar-refractivity contribution in [2.75, 3.05) is 20.2 Å². The lowest BCUT2D eigenvalue weighted by molar-refractivity contribution is -0.145. The van der Waals surface area contributed by atoms with Crippen LogP contribution in [0.4, 0.5) is 0 Å². The van der Waals surface area contributed by atoms with Gasteiger partial charge in [0.25, 0.3) is 0 Å². The van der Waals surface area contributed by atoms with Crippen molar-refractivity contribution in [2.24, 2.45) is 11.1 Å². The molecular formula is C26H25N3O4S. The van der Waals surface area contributed by atoms with Gasteiger partial charge in [0.1, 0.15) is 0 Å². The molecule has 0 aliphatic carbocycles. The third kappa shape index (κ3) is 5.02. The van der Waals surface area contributed by atoms with Crippen molar-refractivity contribution in [1.82, 2.24) is 4.90 Å². The number of nitrogens with zero attached hydrogens (tertiary/aromatic N) is 2. The molecule has 1 aliphatic rings. The fraction of sp³-hybridized carbons (Fsp3) is 0.231. The van der Waals surface area contributed by atoms with Crippen LogP contribution >= 0.6 is 0 Å². The first kappa shape index (κ1) is 23.6. The monoisotopic (exact) mass is 475 g/mol. The highest BCUT2D eigenvalue weighted by atomic mass is 32.2. The van der Waals surface area contributed by atoms with E-state index in [9.17, 15) is 18.5 Å². The summed E-state index contributed by atoms with van der Waals surface area (Å²) < 4.78 is 28.9. The molecule has 0 spiro atoms. The maximum absolute atomic E-state index is 12.5. The first-order chi connectivity index (χ1) is 16.3. The van der Waals surface area contributed by atoms with Crippen LogP contribution in [0.3, 0.4) is 0 Å². The Balaban J connectivity index is 1.54. The molecular weight excluding hydrogens is 450 g/mol. The van der Waals surface area contributed by atoms with E-state index in [2.05, 4.69) is 11.0 Å². The number of carbonyl (C=O) groups excluding carboxylic acids is 1. The average Bonchev–Trinajstić information content (AvgIpc) is 3.27. The molecule has 1 saturated heterocycles. The predicted octanol–water partition coefficient (Wildman–Crippen LogP) is 3.26. The number of nitriles is 1. The largest absolute Gasteiger partial charge is 0.469 e. The molecule has 2 atom stereocenters. The number of esters is 1. The van der Waals surface area contributed by atoms with Gasteiger partial charge in [-0.2, -0.15) is 5.26 Å². The van der Waals surface area contributed by atoms with Gasteiger partial charge < -0.3 is 4.74 Å². The van der Waals surface area contributed by atoms with Crippen LogP contribution in [0, 0.1) is 17.2 Å². The Bertz CT molecular complexity index is 1350. The van der Waals surface area contributed by atoms with Crippen LogP contribution in [0.1, 0.15) is 22.6 Å². The van der Waals surface area contributed by atoms with E-state index in [4.69, 9.17) is 9.88 Å². The third-order valence-corrected chi connectivity index (χ3v) is 7.18. The lowest BCUT2D eigenvalue weighted by Gasteiger charge is -2.17. The summed E-state index contributed by atoms with van der Waals surface area (Å²) in [6.45, 7) is 1.83. The summed E-state index contributed by atoms with van der Waals surface area (Å²) in [5, 5.41) is 14.6. The van der Waals surface area contributed by atoms with Gasteiger partial charge >= 0.3 is 5.97 Å². The Morgan fingerprint density at radius 1 is 1.09 bits per heavy atom. The van der Waals surface area contributed by atoms with E-state index >= 15 is 0 Å². The molecule has 3 aromatic carbocycles. The molecule has 1 aliphatic heterocycles. The zero-order chi connectivity index (χ0) is 24.3. The second-order valence-electron chi connectivity index (χ2n) is 8.41. The zero-order valence-corrected chi connectivity index (χ0v) is 19.5. The molecule has 34 heavy (non-hydrogen) atoms. The number of carbonyl (C=O) groups is 1. The Morgan fingerprint density at radius 2 is 1.82 bits per heavy atom. The molecule has 8 heteroatoms. The maximum Gasteiger partial charge on any atom is 0.310 e. The van der Waals surface area contributed by atoms with Gasteiger partial charge in [-0.05, 0) is 34.9 Å². The molecule has 3 aromatic rings. The van der Waals surface area contributed by atoms with Crippen molar-refractivity contribution in [1.29, 1.82) is 5.26 Å². The van der Waals surface area contributed by atoms with E-state index in [1.165, 1.54) is 13.2 Å². The number of hydrogen-bond donors (Lipinski definition) is 1. The average molecular weight is 476 g/mol. The minimum absolute atomic E-state index is 0.0679. The van der Waals surface area contributed by atoms with Gasteiger partial charge in [-0.15, -0.1) is 0 Å². The summed E-state index contributed by atoms with van der Waals surface area (Å²) >= 11 is 0. The van der Waals surface area contributed by atoms with E-state index in [-0.39, 0.29) is 22.7 Å². The number of methoxy groups -OCH3 is 1. The SMILES string of the molecule is COC(=O)[C@@H]1CN(Cc2ccc(-c3ccccc3S(N)(=O)=O)cc2)C[C@H]1c1cccc(C#N)c1. The lowest BCUT2D eigenvalue weighted by atomic mass is 9.88. The number of rotatable bonds is 6. The maximum atomic E-state index is 12.5. The normalized spacial score (nSPS) is 18.4. The van der Waals surface area contributed by atoms with Crippen molar-refractivity contribution in [3.8, 4) is 17.2 Å². The Kier molecular flexibility index (Phi) is 6.80. The molecule has 0 radical (unpaired) electrons. The zero-order valence-electron chi connectivity index (χ0n) is 18.7. The first-order valence-corrected chi connectivity index (χ1v) is 12.4. The van der Waals surface area contributed by atoms with Gasteiger partial charge in [-0.3, -0.25) is 9.69 Å². The topological polar surface area (TPSA) is 113 Å². The molecule has 2 N–H and O–H groups in total. The van der Waals surface area contributed by atoms with Crippen molar-refractivity contribution in [3.05, 3.63) is 89.5 Å². The summed E-state index contributed by atoms with van der Waals surface area (Å²) in [5.41, 5.74) is 3.86. The summed E-state index contributed by atoms with van der Waals surface area (Å²) in [6.07, 6.45) is 0. The summed E-state index contributed by atoms with van der Waals surface area (Å²) in [7, 11) is -2.44. The molecule has 1 fully saturated rings. The van der Waals surface area contributed by atoms with Crippen molar-refractivity contribution in [2.45, 2.75) is 17.4 Å². The minimum atomic E-state index is -3.84. The summed E-state index contributed by atoms with van der Waals surface area (Å²) in [6, 6.07) is 23.8. The molecule has 0 aromatic heterocycles. The minimum Gasteiger partial charge on any atom is -0.469 e. The van der Waals surface area contributed by atoms with Gasteiger partial charge in [-0.1, -0.05) is 54.6 Å². The van der Waals surface area contributed by atoms with E-state index in [1.807, 2.05) is 42.5 Å². The summed E-state index contributed by atoms with van der Waals surface area (Å²) in [5.74, 6) is -0.647. The molecule has 0 amide bonds. The van der Waals surface area contributed by atoms with Crippen LogP contribution in [0.5, 0.6) is 0 Å². The van der Waals surface area contributed by atoms with Crippen LogP contribution in [0.15, 0.2) is 77.7 Å². The quantitative estimate of drug-likeness (QED) is 0.548. The van der Waals surface area contributed by atoms with E-state index < -0.39 is 10.0 Å². The van der Waals surface area contributed by atoms with Gasteiger partial charge in [0.15, 0.2) is 0 Å². The van der Waals surface area contributed by atoms with Crippen molar-refractivity contribution in [3.63, 3.8) is 0 Å². The number of primary sulfonamides is 1. The molecule has 0 saturated carbocycles. The second kappa shape index (κ2) is 9.77. The number of ether oxygens (including phenoxy) is 1. The van der Waals surface area contributed by atoms with Crippen LogP contribution in [0.25, 0.3) is 11.1 Å². The highest BCUT2D eigenvalue weighted by Gasteiger charge is 2.39. The fourth-order valence-corrected chi connectivity index (χ4v) is 5.34. The highest BCUT2D eigenvalue weighted by Crippen LogP contribution is 2.35. The molecule has 0 bridgehead atoms. The van der Waals surface area contributed by atoms with E-state index in [1.54, 1.807) is 24.3 Å². The van der Waals surface area contributed by atoms with Crippen LogP contribution in [0.2, 0.25) is 0 Å². The Morgan fingerprint density at radius 3 is 2.50 bits per heavy atom. The second-order valence-corrected chi connectivity index (χ2v) is 9.94. The number of nitrogens with two attached hydrogens (primary N) is 1. The Labute approximate surface area is 199 Å². The molecule has 4 rings (SSSR count). The first-order valence-electron chi connectivity index (χ1n) is 10.8. The highest BCUT2D eigenvalue weighted by molar-refractivity contribution is 7.89. The van der Waals surface area contributed by atoms with Crippen LogP contribution in [-0.4, -0.2) is 39.5 Å². The predicted molar refractivity (Wildman–Crippen MR) is 128 cm³/mol. The number of benzene rings is 3. The number of hydrogen-bond acceptors (Lipinski definition) is 6. The van der Waals surface area contributed by atoms with Gasteiger partial charge in [0.2, 0.25) is 10.0 Å². The van der Waals surface area contributed by atoms with E-state index in [0.29, 0.717) is 30.8 Å². The molecule has 7 nitrogen and oxygen atoms in total. The van der Waals surface area contributed by atoms with Crippen molar-refractivity contribution >= 4 is 16.0 Å². The fourth-order valence-electron chi connectivity index (χ4n) is 4.58. The van der Waals surface area contributed by atoms with E-state index in [0.717, 1.165) is 16.7 Å². The smallest absolute Gasteiger partial charge is 0.310 e. The Hall–Kier alpha value is -3.51. The van der Waals surface area contributed by atoms with Gasteiger partial charge in [0, 0.05) is 31.1 Å². The van der Waals surface area contributed by atoms with Crippen LogP contribution in [-0.2, 0) is 26.1 Å². The number of likely N-dealkylation sites (tertiary alicyclic amines) is 1. The van der Waals surface area contributed by atoms with Crippen molar-refractivity contribution < 1.29 is 17.9 Å². The number of sulfonamides is 1. The van der Waals surface area contributed by atoms with Gasteiger partial charge in [-0.25, -0.2) is 13.6 Å². The molecule has 1 heterocycles. The molecule has 0 unspecified atom stereocenters. The van der Waals surface area contributed by atoms with Crippen LogP contribution < -0.4 is 5.14 Å². The standard InChI is InChI=1S/C26H25N3O4S/c1-33-26(30)24-17-29(16-23(24)21-6-4-5-19(13-21)14-27)15-18-9-11-20(12-10-18)22-7-2-3-8-25(22)34(28,31)32/h2-13,23-24H,15-17H2,1H3,(H2,28,31,32)/t23-,24+/m0/s1. The molecule has 174 valence electrons. The van der Waals surface area contributed by atoms with Gasteiger partial charge in [0.05, 0.1) is 29.6 Å². The lowest BCUT2D eigenvalue weighted by Crippen LogP contribution is -2.24.